The number of hydrogen-bond donors (Lipinski definition) is 1. The number of halogens is 1. The van der Waals surface area contributed by atoms with E-state index in [0.29, 0.717) is 11.5 Å². The van der Waals surface area contributed by atoms with Crippen LogP contribution in [0.25, 0.3) is 0 Å². The van der Waals surface area contributed by atoms with E-state index >= 15 is 0 Å². The second-order valence-corrected chi connectivity index (χ2v) is 6.74. The fraction of sp³-hybridized carbons (Fsp3) is 0.692. The lowest BCUT2D eigenvalue weighted by molar-refractivity contribution is 0.229. The highest BCUT2D eigenvalue weighted by atomic mass is 35.5. The molecule has 0 spiro atoms. The van der Waals surface area contributed by atoms with E-state index in [1.54, 1.807) is 11.3 Å². The van der Waals surface area contributed by atoms with Crippen LogP contribution in [-0.2, 0) is 0 Å². The summed E-state index contributed by atoms with van der Waals surface area (Å²) in [6.45, 7) is 5.62. The van der Waals surface area contributed by atoms with Crippen molar-refractivity contribution >= 4 is 22.9 Å². The average molecular weight is 258 g/mol. The normalized spacial score (nSPS) is 21.2. The smallest absolute Gasteiger partial charge is 0.0931 e. The molecule has 16 heavy (non-hydrogen) atoms. The third kappa shape index (κ3) is 2.44. The van der Waals surface area contributed by atoms with Crippen molar-refractivity contribution in [3.63, 3.8) is 0 Å². The summed E-state index contributed by atoms with van der Waals surface area (Å²) in [5.74, 6) is 0. The van der Waals surface area contributed by atoms with E-state index in [1.807, 2.05) is 6.07 Å². The first-order valence-electron chi connectivity index (χ1n) is 6.14. The van der Waals surface area contributed by atoms with Crippen LogP contribution in [0.1, 0.15) is 50.4 Å². The molecule has 0 saturated heterocycles. The molecule has 1 atom stereocenters. The molecular formula is C13H20ClNS. The molecule has 1 aromatic heterocycles. The molecule has 90 valence electrons. The van der Waals surface area contributed by atoms with Crippen LogP contribution in [0.3, 0.4) is 0 Å². The largest absolute Gasteiger partial charge is 0.309 e. The van der Waals surface area contributed by atoms with Crippen LogP contribution >= 0.6 is 22.9 Å². The van der Waals surface area contributed by atoms with Crippen LogP contribution in [-0.4, -0.2) is 6.54 Å². The summed E-state index contributed by atoms with van der Waals surface area (Å²) in [5, 5.41) is 3.65. The molecular weight excluding hydrogens is 238 g/mol. The minimum Gasteiger partial charge on any atom is -0.309 e. The molecule has 1 aromatic rings. The Morgan fingerprint density at radius 2 is 2.12 bits per heavy atom. The van der Waals surface area contributed by atoms with Crippen molar-refractivity contribution in [2.45, 2.75) is 45.6 Å². The van der Waals surface area contributed by atoms with Crippen molar-refractivity contribution in [1.82, 2.24) is 5.32 Å². The Balaban J connectivity index is 2.22. The van der Waals surface area contributed by atoms with E-state index in [2.05, 4.69) is 25.2 Å². The van der Waals surface area contributed by atoms with Gasteiger partial charge in [-0.05, 0) is 36.9 Å². The predicted octanol–water partition coefficient (Wildman–Crippen LogP) is 4.63. The minimum atomic E-state index is 0.421. The summed E-state index contributed by atoms with van der Waals surface area (Å²) in [6, 6.07) is 4.69. The second kappa shape index (κ2) is 5.07. The van der Waals surface area contributed by atoms with E-state index in [0.717, 1.165) is 10.9 Å². The van der Waals surface area contributed by atoms with Crippen LogP contribution in [0.15, 0.2) is 12.1 Å². The first-order chi connectivity index (χ1) is 7.65. The maximum atomic E-state index is 6.05. The van der Waals surface area contributed by atoms with Crippen molar-refractivity contribution in [3.8, 4) is 0 Å². The Kier molecular flexibility index (Phi) is 3.93. The van der Waals surface area contributed by atoms with Gasteiger partial charge in [0.05, 0.1) is 4.34 Å². The fourth-order valence-corrected chi connectivity index (χ4v) is 4.16. The topological polar surface area (TPSA) is 12.0 Å². The van der Waals surface area contributed by atoms with Crippen molar-refractivity contribution in [3.05, 3.63) is 21.3 Å². The van der Waals surface area contributed by atoms with Gasteiger partial charge >= 0.3 is 0 Å². The Morgan fingerprint density at radius 3 is 2.62 bits per heavy atom. The van der Waals surface area contributed by atoms with Gasteiger partial charge in [-0.2, -0.15) is 0 Å². The fourth-order valence-electron chi connectivity index (χ4n) is 2.85. The van der Waals surface area contributed by atoms with Crippen LogP contribution in [0.2, 0.25) is 4.34 Å². The molecule has 1 unspecified atom stereocenters. The zero-order valence-electron chi connectivity index (χ0n) is 10.1. The van der Waals surface area contributed by atoms with Crippen LogP contribution in [0, 0.1) is 5.41 Å². The zero-order chi connectivity index (χ0) is 11.6. The van der Waals surface area contributed by atoms with Gasteiger partial charge in [-0.1, -0.05) is 38.3 Å². The van der Waals surface area contributed by atoms with Gasteiger partial charge in [-0.15, -0.1) is 11.3 Å². The van der Waals surface area contributed by atoms with E-state index in [1.165, 1.54) is 30.6 Å². The first kappa shape index (κ1) is 12.4. The molecule has 1 aliphatic rings. The van der Waals surface area contributed by atoms with Gasteiger partial charge in [-0.25, -0.2) is 0 Å². The summed E-state index contributed by atoms with van der Waals surface area (Å²) in [7, 11) is 0. The lowest BCUT2D eigenvalue weighted by atomic mass is 9.80. The van der Waals surface area contributed by atoms with Gasteiger partial charge in [0.15, 0.2) is 0 Å². The molecule has 0 aromatic carbocycles. The monoisotopic (exact) mass is 257 g/mol. The molecule has 1 nitrogen and oxygen atoms in total. The summed E-state index contributed by atoms with van der Waals surface area (Å²) in [4.78, 5) is 1.40. The van der Waals surface area contributed by atoms with E-state index in [-0.39, 0.29) is 0 Å². The molecule has 1 fully saturated rings. The summed E-state index contributed by atoms with van der Waals surface area (Å²) < 4.78 is 0.902. The number of nitrogens with one attached hydrogen (secondary N) is 1. The lowest BCUT2D eigenvalue weighted by Crippen LogP contribution is -2.33. The summed E-state index contributed by atoms with van der Waals surface area (Å²) in [6.07, 6.45) is 5.41. The molecule has 3 heteroatoms. The molecule has 1 N–H and O–H groups in total. The van der Waals surface area contributed by atoms with Gasteiger partial charge in [0.2, 0.25) is 0 Å². The molecule has 0 aliphatic heterocycles. The Bertz CT molecular complexity index is 341. The number of thiophene rings is 1. The average Bonchev–Trinajstić information content (AvgIpc) is 2.85. The van der Waals surface area contributed by atoms with Crippen molar-refractivity contribution in [2.24, 2.45) is 5.41 Å². The Morgan fingerprint density at radius 1 is 1.44 bits per heavy atom. The second-order valence-electron chi connectivity index (χ2n) is 4.99. The maximum absolute atomic E-state index is 6.05. The quantitative estimate of drug-likeness (QED) is 0.829. The van der Waals surface area contributed by atoms with E-state index in [4.69, 9.17) is 11.6 Å². The predicted molar refractivity (Wildman–Crippen MR) is 72.3 cm³/mol. The standard InChI is InChI=1S/C13H20ClNS/c1-3-15-12(10-6-7-11(14)16-10)13(2)8-4-5-9-13/h6-7,12,15H,3-5,8-9H2,1-2H3. The van der Waals surface area contributed by atoms with E-state index < -0.39 is 0 Å². The molecule has 1 heterocycles. The third-order valence-electron chi connectivity index (χ3n) is 3.73. The highest BCUT2D eigenvalue weighted by Gasteiger charge is 2.37. The molecule has 0 bridgehead atoms. The molecule has 2 rings (SSSR count). The number of rotatable bonds is 4. The van der Waals surface area contributed by atoms with Gasteiger partial charge < -0.3 is 5.32 Å². The number of hydrogen-bond acceptors (Lipinski definition) is 2. The molecule has 0 amide bonds. The van der Waals surface area contributed by atoms with Gasteiger partial charge in [0.1, 0.15) is 0 Å². The van der Waals surface area contributed by atoms with Gasteiger partial charge in [-0.3, -0.25) is 0 Å². The highest BCUT2D eigenvalue weighted by Crippen LogP contribution is 2.48. The van der Waals surface area contributed by atoms with Crippen molar-refractivity contribution in [2.75, 3.05) is 6.54 Å². The van der Waals surface area contributed by atoms with Crippen LogP contribution in [0.4, 0.5) is 0 Å². The Labute approximate surface area is 107 Å². The molecule has 1 aliphatic carbocycles. The highest BCUT2D eigenvalue weighted by molar-refractivity contribution is 7.16. The van der Waals surface area contributed by atoms with E-state index in [9.17, 15) is 0 Å². The Hall–Kier alpha value is -0.0500. The minimum absolute atomic E-state index is 0.421. The SMILES string of the molecule is CCNC(c1ccc(Cl)s1)C1(C)CCCC1. The maximum Gasteiger partial charge on any atom is 0.0931 e. The zero-order valence-corrected chi connectivity index (χ0v) is 11.6. The lowest BCUT2D eigenvalue weighted by Gasteiger charge is -2.34. The van der Waals surface area contributed by atoms with Crippen LogP contribution < -0.4 is 5.32 Å². The third-order valence-corrected chi connectivity index (χ3v) is 5.03. The summed E-state index contributed by atoms with van der Waals surface area (Å²) in [5.41, 5.74) is 0.421. The van der Waals surface area contributed by atoms with Gasteiger partial charge in [0.25, 0.3) is 0 Å². The molecule has 1 saturated carbocycles. The van der Waals surface area contributed by atoms with Gasteiger partial charge in [0, 0.05) is 10.9 Å². The molecule has 0 radical (unpaired) electrons. The van der Waals surface area contributed by atoms with Crippen LogP contribution in [0.5, 0.6) is 0 Å². The van der Waals surface area contributed by atoms with Crippen molar-refractivity contribution in [1.29, 1.82) is 0 Å². The summed E-state index contributed by atoms with van der Waals surface area (Å²) >= 11 is 7.77. The first-order valence-corrected chi connectivity index (χ1v) is 7.34. The van der Waals surface area contributed by atoms with Crippen molar-refractivity contribution < 1.29 is 0 Å².